The normalized spacial score (nSPS) is 19.1. The van der Waals surface area contributed by atoms with Crippen molar-refractivity contribution in [3.8, 4) is 0 Å². The third-order valence-corrected chi connectivity index (χ3v) is 2.97. The van der Waals surface area contributed by atoms with E-state index in [0.717, 1.165) is 36.4 Å². The van der Waals surface area contributed by atoms with Gasteiger partial charge in [-0.15, -0.1) is 0 Å². The van der Waals surface area contributed by atoms with Crippen LogP contribution in [0.3, 0.4) is 0 Å². The van der Waals surface area contributed by atoms with Crippen molar-refractivity contribution < 1.29 is 4.79 Å². The summed E-state index contributed by atoms with van der Waals surface area (Å²) in [6.45, 7) is 5.63. The van der Waals surface area contributed by atoms with Gasteiger partial charge in [0.1, 0.15) is 0 Å². The minimum atomic E-state index is -0.0335. The van der Waals surface area contributed by atoms with Gasteiger partial charge in [-0.05, 0) is 43.7 Å². The molecule has 0 bridgehead atoms. The molecule has 1 atom stereocenters. The Hall–Kier alpha value is -1.55. The molecule has 0 aromatic heterocycles. The van der Waals surface area contributed by atoms with Gasteiger partial charge in [0, 0.05) is 30.9 Å². The molecule has 0 aliphatic carbocycles. The van der Waals surface area contributed by atoms with Crippen molar-refractivity contribution in [2.45, 2.75) is 26.3 Å². The lowest BCUT2D eigenvalue weighted by molar-refractivity contribution is -0.114. The highest BCUT2D eigenvalue weighted by Gasteiger charge is 2.13. The number of hydrogen-bond acceptors (Lipinski definition) is 3. The van der Waals surface area contributed by atoms with Crippen LogP contribution >= 0.6 is 0 Å². The molecular formula is C13H19N3O. The third-order valence-electron chi connectivity index (χ3n) is 2.97. The summed E-state index contributed by atoms with van der Waals surface area (Å²) in [5.41, 5.74) is 3.08. The van der Waals surface area contributed by atoms with Crippen LogP contribution in [0.2, 0.25) is 0 Å². The summed E-state index contributed by atoms with van der Waals surface area (Å²) in [5, 5.41) is 9.63. The van der Waals surface area contributed by atoms with Gasteiger partial charge in [-0.25, -0.2) is 0 Å². The van der Waals surface area contributed by atoms with Crippen LogP contribution in [0, 0.1) is 6.92 Å². The van der Waals surface area contributed by atoms with Crippen LogP contribution < -0.4 is 16.0 Å². The number of rotatable bonds is 3. The Labute approximate surface area is 102 Å². The summed E-state index contributed by atoms with van der Waals surface area (Å²) in [6.07, 6.45) is 1.16. The predicted octanol–water partition coefficient (Wildman–Crippen LogP) is 1.73. The lowest BCUT2D eigenvalue weighted by atomic mass is 10.1. The van der Waals surface area contributed by atoms with Gasteiger partial charge in [0.25, 0.3) is 0 Å². The largest absolute Gasteiger partial charge is 0.381 e. The number of nitrogens with one attached hydrogen (secondary N) is 3. The SMILES string of the molecule is CC(=O)Nc1ccc(NC2CCNC2)cc1C. The molecule has 1 aromatic rings. The highest BCUT2D eigenvalue weighted by Crippen LogP contribution is 2.21. The maximum absolute atomic E-state index is 11.0. The predicted molar refractivity (Wildman–Crippen MR) is 70.4 cm³/mol. The van der Waals surface area contributed by atoms with Gasteiger partial charge in [0.05, 0.1) is 0 Å². The van der Waals surface area contributed by atoms with Gasteiger partial charge >= 0.3 is 0 Å². The van der Waals surface area contributed by atoms with E-state index in [1.54, 1.807) is 0 Å². The van der Waals surface area contributed by atoms with Crippen molar-refractivity contribution in [3.05, 3.63) is 23.8 Å². The van der Waals surface area contributed by atoms with E-state index >= 15 is 0 Å². The first-order chi connectivity index (χ1) is 8.15. The fraction of sp³-hybridized carbons (Fsp3) is 0.462. The summed E-state index contributed by atoms with van der Waals surface area (Å²) in [5.74, 6) is -0.0335. The fourth-order valence-corrected chi connectivity index (χ4v) is 2.10. The number of carbonyl (C=O) groups excluding carboxylic acids is 1. The van der Waals surface area contributed by atoms with Crippen LogP contribution in [0.1, 0.15) is 18.9 Å². The zero-order chi connectivity index (χ0) is 12.3. The summed E-state index contributed by atoms with van der Waals surface area (Å²) in [4.78, 5) is 11.0. The Kier molecular flexibility index (Phi) is 3.64. The van der Waals surface area contributed by atoms with Gasteiger partial charge in [0.15, 0.2) is 0 Å². The van der Waals surface area contributed by atoms with Crippen molar-refractivity contribution in [3.63, 3.8) is 0 Å². The van der Waals surface area contributed by atoms with Crippen molar-refractivity contribution >= 4 is 17.3 Å². The second kappa shape index (κ2) is 5.19. The van der Waals surface area contributed by atoms with Gasteiger partial charge in [-0.2, -0.15) is 0 Å². The summed E-state index contributed by atoms with van der Waals surface area (Å²) in [7, 11) is 0. The Morgan fingerprint density at radius 1 is 1.47 bits per heavy atom. The van der Waals surface area contributed by atoms with Gasteiger partial charge < -0.3 is 16.0 Å². The van der Waals surface area contributed by atoms with E-state index in [4.69, 9.17) is 0 Å². The molecule has 17 heavy (non-hydrogen) atoms. The first kappa shape index (κ1) is 11.9. The molecule has 1 amide bonds. The Morgan fingerprint density at radius 3 is 2.88 bits per heavy atom. The fourth-order valence-electron chi connectivity index (χ4n) is 2.10. The number of hydrogen-bond donors (Lipinski definition) is 3. The Balaban J connectivity index is 2.04. The lowest BCUT2D eigenvalue weighted by Gasteiger charge is -2.15. The molecule has 0 radical (unpaired) electrons. The van der Waals surface area contributed by atoms with Crippen LogP contribution in [0.25, 0.3) is 0 Å². The van der Waals surface area contributed by atoms with Crippen LogP contribution in [-0.4, -0.2) is 25.0 Å². The maximum Gasteiger partial charge on any atom is 0.221 e. The number of carbonyl (C=O) groups is 1. The molecule has 4 nitrogen and oxygen atoms in total. The Bertz CT molecular complexity index is 411. The maximum atomic E-state index is 11.0. The summed E-state index contributed by atoms with van der Waals surface area (Å²) in [6, 6.07) is 6.54. The second-order valence-corrected chi connectivity index (χ2v) is 4.54. The summed E-state index contributed by atoms with van der Waals surface area (Å²) < 4.78 is 0. The quantitative estimate of drug-likeness (QED) is 0.745. The molecule has 3 N–H and O–H groups in total. The van der Waals surface area contributed by atoms with Crippen molar-refractivity contribution in [2.24, 2.45) is 0 Å². The molecule has 1 saturated heterocycles. The molecule has 1 unspecified atom stereocenters. The number of anilines is 2. The zero-order valence-electron chi connectivity index (χ0n) is 10.3. The second-order valence-electron chi connectivity index (χ2n) is 4.54. The highest BCUT2D eigenvalue weighted by atomic mass is 16.1. The molecule has 1 aliphatic rings. The van der Waals surface area contributed by atoms with Gasteiger partial charge in [-0.1, -0.05) is 0 Å². The van der Waals surface area contributed by atoms with Crippen molar-refractivity contribution in [1.82, 2.24) is 5.32 Å². The number of benzene rings is 1. The van der Waals surface area contributed by atoms with E-state index in [1.165, 1.54) is 6.92 Å². The molecule has 4 heteroatoms. The van der Waals surface area contributed by atoms with Crippen molar-refractivity contribution in [1.29, 1.82) is 0 Å². The topological polar surface area (TPSA) is 53.2 Å². The molecule has 1 fully saturated rings. The molecule has 0 spiro atoms. The average molecular weight is 233 g/mol. The first-order valence-corrected chi connectivity index (χ1v) is 6.00. The van der Waals surface area contributed by atoms with E-state index in [-0.39, 0.29) is 5.91 Å². The molecule has 1 aliphatic heterocycles. The molecule has 2 rings (SSSR count). The van der Waals surface area contributed by atoms with Crippen LogP contribution in [0.15, 0.2) is 18.2 Å². The number of aryl methyl sites for hydroxylation is 1. The summed E-state index contributed by atoms with van der Waals surface area (Å²) >= 11 is 0. The average Bonchev–Trinajstić information content (AvgIpc) is 2.74. The highest BCUT2D eigenvalue weighted by molar-refractivity contribution is 5.89. The van der Waals surface area contributed by atoms with E-state index in [9.17, 15) is 4.79 Å². The zero-order valence-corrected chi connectivity index (χ0v) is 10.3. The molecule has 92 valence electrons. The standard InChI is InChI=1S/C13H19N3O/c1-9-7-11(16-12-5-6-14-8-12)3-4-13(9)15-10(2)17/h3-4,7,12,14,16H,5-6,8H2,1-2H3,(H,15,17). The van der Waals surface area contributed by atoms with Gasteiger partial charge in [-0.3, -0.25) is 4.79 Å². The van der Waals surface area contributed by atoms with E-state index in [0.29, 0.717) is 6.04 Å². The van der Waals surface area contributed by atoms with E-state index in [1.807, 2.05) is 19.1 Å². The lowest BCUT2D eigenvalue weighted by Crippen LogP contribution is -2.22. The monoisotopic (exact) mass is 233 g/mol. The van der Waals surface area contributed by atoms with Gasteiger partial charge in [0.2, 0.25) is 5.91 Å². The van der Waals surface area contributed by atoms with Crippen LogP contribution in [0.4, 0.5) is 11.4 Å². The van der Waals surface area contributed by atoms with Crippen LogP contribution in [-0.2, 0) is 4.79 Å². The first-order valence-electron chi connectivity index (χ1n) is 6.00. The third kappa shape index (κ3) is 3.20. The van der Waals surface area contributed by atoms with Crippen LogP contribution in [0.5, 0.6) is 0 Å². The molecule has 0 saturated carbocycles. The Morgan fingerprint density at radius 2 is 2.29 bits per heavy atom. The minimum absolute atomic E-state index is 0.0335. The number of amides is 1. The van der Waals surface area contributed by atoms with E-state index in [2.05, 4.69) is 22.0 Å². The molecule has 1 aromatic carbocycles. The molecule has 1 heterocycles. The van der Waals surface area contributed by atoms with Crippen molar-refractivity contribution in [2.75, 3.05) is 23.7 Å². The smallest absolute Gasteiger partial charge is 0.221 e. The van der Waals surface area contributed by atoms with E-state index < -0.39 is 0 Å². The molecular weight excluding hydrogens is 214 g/mol. The minimum Gasteiger partial charge on any atom is -0.381 e.